The maximum Gasteiger partial charge on any atom is 0.274 e. The molecule has 1 aliphatic carbocycles. The number of piperazine rings is 1. The summed E-state index contributed by atoms with van der Waals surface area (Å²) in [6.45, 7) is 11.8. The molecule has 3 amide bonds. The summed E-state index contributed by atoms with van der Waals surface area (Å²) in [4.78, 5) is 96.6. The summed E-state index contributed by atoms with van der Waals surface area (Å²) in [5, 5.41) is 30.8. The highest BCUT2D eigenvalue weighted by molar-refractivity contribution is 7.13. The van der Waals surface area contributed by atoms with Gasteiger partial charge in [0.2, 0.25) is 17.7 Å². The maximum atomic E-state index is 15.5. The Kier molecular flexibility index (Phi) is 20.1. The molecule has 3 aromatic carbocycles. The van der Waals surface area contributed by atoms with Gasteiger partial charge in [-0.15, -0.1) is 11.3 Å². The summed E-state index contributed by atoms with van der Waals surface area (Å²) < 4.78 is 29.7. The van der Waals surface area contributed by atoms with E-state index in [0.29, 0.717) is 59.1 Å². The predicted molar refractivity (Wildman–Crippen MR) is 336 cm³/mol. The smallest absolute Gasteiger partial charge is 0.274 e. The molecule has 20 nitrogen and oxygen atoms in total. The van der Waals surface area contributed by atoms with Crippen LogP contribution in [0.1, 0.15) is 87.6 Å². The molecular formula is C66H77FN10O10S. The van der Waals surface area contributed by atoms with Gasteiger partial charge in [0.15, 0.2) is 5.78 Å². The van der Waals surface area contributed by atoms with Crippen LogP contribution in [-0.4, -0.2) is 147 Å². The highest BCUT2D eigenvalue weighted by Crippen LogP contribution is 2.41. The van der Waals surface area contributed by atoms with Crippen LogP contribution in [0.15, 0.2) is 113 Å². The Labute approximate surface area is 514 Å². The van der Waals surface area contributed by atoms with Gasteiger partial charge in [-0.05, 0) is 102 Å². The number of nitrogens with zero attached hydrogens (tertiary/aromatic N) is 7. The number of hydrogen-bond acceptors (Lipinski definition) is 16. The molecule has 88 heavy (non-hydrogen) atoms. The third-order valence-electron chi connectivity index (χ3n) is 16.6. The lowest BCUT2D eigenvalue weighted by molar-refractivity contribution is -0.144. The summed E-state index contributed by atoms with van der Waals surface area (Å²) in [5.74, 6) is -1.18. The molecule has 1 saturated carbocycles. The molecule has 3 atom stereocenters. The van der Waals surface area contributed by atoms with Crippen LogP contribution in [0.5, 0.6) is 0 Å². The van der Waals surface area contributed by atoms with Gasteiger partial charge in [-0.2, -0.15) is 0 Å². The van der Waals surface area contributed by atoms with Crippen molar-refractivity contribution < 1.29 is 43.3 Å². The Morgan fingerprint density at radius 2 is 1.67 bits per heavy atom. The standard InChI is InChI=1S/C66H77FN10O10S/c1-41-60(88-40-70-41)44-13-11-42(12-14-44)34-69-62(82)56-33-50(80)37-77(56)65(85)61(66(2,3)4)72-58(81)20-28-87-39-49(79)8-7-27-86-29-26-74-22-24-75(25-23-74)48-17-18-57(68-35-48)71-54-32-47(36-73(5)63(54)83)51-9-6-10-55(52(51)38-78)76-21-19-45-30-46(43-15-16-43)31-53(67)59(45)64(76)84/h6,9-14,17-19,21,30-32,35-36,40,43,50,56,61,78,80H,7-8,15-16,20,22-29,33-34,37-39H2,1-5H3,(H,68,71)(H,69,82)(H,72,81)/t50-,56+,61-/m1/s1. The number of aromatic nitrogens is 4. The molecule has 0 bridgehead atoms. The van der Waals surface area contributed by atoms with Crippen LogP contribution in [0, 0.1) is 18.2 Å². The van der Waals surface area contributed by atoms with Gasteiger partial charge >= 0.3 is 0 Å². The van der Waals surface area contributed by atoms with Gasteiger partial charge in [-0.3, -0.25) is 38.2 Å². The topological polar surface area (TPSA) is 243 Å². The molecule has 464 valence electrons. The van der Waals surface area contributed by atoms with Crippen molar-refractivity contribution in [1.29, 1.82) is 0 Å². The third-order valence-corrected chi connectivity index (χ3v) is 17.6. The molecule has 6 heterocycles. The number of rotatable bonds is 25. The number of β-amino-alcohol motifs (C(OH)–C–C–N with tert-alkyl or cyclic N) is 1. The van der Waals surface area contributed by atoms with Gasteiger partial charge in [-0.25, -0.2) is 14.4 Å². The summed E-state index contributed by atoms with van der Waals surface area (Å²) in [6, 6.07) is 21.8. The highest BCUT2D eigenvalue weighted by Gasteiger charge is 2.44. The van der Waals surface area contributed by atoms with E-state index in [-0.39, 0.29) is 73.9 Å². The van der Waals surface area contributed by atoms with E-state index >= 15 is 4.39 Å². The lowest BCUT2D eigenvalue weighted by atomic mass is 9.85. The van der Waals surface area contributed by atoms with Crippen LogP contribution in [0.4, 0.5) is 21.6 Å². The first-order valence-electron chi connectivity index (χ1n) is 30.0. The normalized spacial score (nSPS) is 16.7. The monoisotopic (exact) mass is 1220 g/mol. The first-order chi connectivity index (χ1) is 42.3. The van der Waals surface area contributed by atoms with E-state index in [0.717, 1.165) is 78.5 Å². The lowest BCUT2D eigenvalue weighted by Gasteiger charge is -2.35. The van der Waals surface area contributed by atoms with Crippen LogP contribution in [0.3, 0.4) is 0 Å². The first kappa shape index (κ1) is 63.0. The van der Waals surface area contributed by atoms with E-state index in [9.17, 15) is 39.0 Å². The number of benzene rings is 3. The van der Waals surface area contributed by atoms with Crippen LogP contribution in [0.2, 0.25) is 0 Å². The second-order valence-electron chi connectivity index (χ2n) is 24.1. The van der Waals surface area contributed by atoms with Gasteiger partial charge in [0.25, 0.3) is 11.1 Å². The fourth-order valence-corrected chi connectivity index (χ4v) is 12.3. The summed E-state index contributed by atoms with van der Waals surface area (Å²) >= 11 is 1.56. The van der Waals surface area contributed by atoms with E-state index in [4.69, 9.17) is 9.47 Å². The fourth-order valence-electron chi connectivity index (χ4n) is 11.5. The number of halogens is 1. The molecule has 0 unspecified atom stereocenters. The van der Waals surface area contributed by atoms with E-state index in [1.54, 1.807) is 66.8 Å². The number of likely N-dealkylation sites (tertiary alicyclic amines) is 1. The largest absolute Gasteiger partial charge is 0.392 e. The fraction of sp³-hybridized carbons (Fsp3) is 0.424. The summed E-state index contributed by atoms with van der Waals surface area (Å²) in [5.41, 5.74) is 7.28. The zero-order valence-electron chi connectivity index (χ0n) is 50.4. The predicted octanol–water partition coefficient (Wildman–Crippen LogP) is 7.14. The second kappa shape index (κ2) is 28.0. The highest BCUT2D eigenvalue weighted by atomic mass is 32.1. The van der Waals surface area contributed by atoms with Crippen molar-refractivity contribution in [3.63, 3.8) is 0 Å². The number of carbonyl (C=O) groups excluding carboxylic acids is 4. The number of fused-ring (bicyclic) bond motifs is 1. The van der Waals surface area contributed by atoms with E-state index in [1.165, 1.54) is 20.1 Å². The molecule has 4 aromatic heterocycles. The van der Waals surface area contributed by atoms with Crippen LogP contribution >= 0.6 is 11.3 Å². The van der Waals surface area contributed by atoms with Crippen molar-refractivity contribution >= 4 is 62.8 Å². The molecule has 7 aromatic rings. The van der Waals surface area contributed by atoms with Crippen LogP contribution in [0.25, 0.3) is 38.0 Å². The van der Waals surface area contributed by atoms with E-state index in [2.05, 4.69) is 35.7 Å². The Hall–Kier alpha value is -7.99. The molecule has 3 fully saturated rings. The Morgan fingerprint density at radius 3 is 2.38 bits per heavy atom. The SMILES string of the molecule is Cc1ncsc1-c1ccc(CNC(=O)[C@@H]2C[C@@H](O)CN2C(=O)[C@@H](NC(=O)CCOCC(=O)CCCOCCN2CCN(c3ccc(Nc4cc(-c5cccc(-n6ccc7cc(C8CC8)cc(F)c7c6=O)c5CO)cn(C)c4=O)nc3)CC2)C(C)(C)C)cc1. The molecule has 3 aliphatic rings. The Bertz CT molecular complexity index is 3780. The number of anilines is 3. The van der Waals surface area contributed by atoms with Gasteiger partial charge in [-0.1, -0.05) is 63.2 Å². The number of Topliss-reactive ketones (excluding diaryl/α,β-unsaturated/α-hetero) is 1. The number of nitrogens with one attached hydrogen (secondary N) is 3. The zero-order valence-corrected chi connectivity index (χ0v) is 51.2. The molecule has 5 N–H and O–H groups in total. The van der Waals surface area contributed by atoms with Crippen molar-refractivity contribution in [2.75, 3.05) is 75.9 Å². The number of aryl methyl sites for hydroxylation is 2. The average molecular weight is 1220 g/mol. The third kappa shape index (κ3) is 15.1. The van der Waals surface area contributed by atoms with E-state index in [1.807, 2.05) is 76.2 Å². The number of hydrogen-bond donors (Lipinski definition) is 5. The van der Waals surface area contributed by atoms with Crippen molar-refractivity contribution in [3.05, 3.63) is 152 Å². The minimum atomic E-state index is -0.989. The van der Waals surface area contributed by atoms with E-state index < -0.39 is 53.4 Å². The summed E-state index contributed by atoms with van der Waals surface area (Å²) in [7, 11) is 1.64. The quantitative estimate of drug-likeness (QED) is 0.0357. The molecule has 0 radical (unpaired) electrons. The second-order valence-corrected chi connectivity index (χ2v) is 25.0. The minimum absolute atomic E-state index is 0.00727. The minimum Gasteiger partial charge on any atom is -0.392 e. The van der Waals surface area contributed by atoms with Gasteiger partial charge in [0.05, 0.1) is 65.0 Å². The van der Waals surface area contributed by atoms with Crippen molar-refractivity contribution in [3.8, 4) is 27.3 Å². The Balaban J connectivity index is 0.614. The van der Waals surface area contributed by atoms with Gasteiger partial charge in [0, 0.05) is 102 Å². The van der Waals surface area contributed by atoms with Crippen LogP contribution < -0.4 is 32.0 Å². The number of amides is 3. The number of aliphatic hydroxyl groups is 2. The number of carbonyl (C=O) groups is 4. The molecular weight excluding hydrogens is 1140 g/mol. The van der Waals surface area contributed by atoms with Gasteiger partial charge < -0.3 is 50.0 Å². The number of aliphatic hydroxyl groups excluding tert-OH is 2. The number of pyridine rings is 3. The molecule has 2 aliphatic heterocycles. The first-order valence-corrected chi connectivity index (χ1v) is 30.9. The summed E-state index contributed by atoms with van der Waals surface area (Å²) in [6.07, 6.45) is 6.95. The number of thiazole rings is 1. The zero-order chi connectivity index (χ0) is 62.2. The van der Waals surface area contributed by atoms with Crippen molar-refractivity contribution in [2.24, 2.45) is 12.5 Å². The molecule has 10 rings (SSSR count). The lowest BCUT2D eigenvalue weighted by Crippen LogP contribution is -2.57. The molecule has 0 spiro atoms. The van der Waals surface area contributed by atoms with Crippen LogP contribution in [-0.2, 0) is 48.9 Å². The number of ketones is 1. The average Bonchev–Trinajstić information content (AvgIpc) is 1.28. The maximum absolute atomic E-state index is 15.5. The van der Waals surface area contributed by atoms with Gasteiger partial charge in [0.1, 0.15) is 36.0 Å². The number of ether oxygens (including phenoxy) is 2. The Morgan fingerprint density at radius 1 is 0.886 bits per heavy atom. The van der Waals surface area contributed by atoms with Crippen molar-refractivity contribution in [1.82, 2.24) is 39.5 Å². The van der Waals surface area contributed by atoms with Crippen molar-refractivity contribution in [2.45, 2.75) is 103 Å². The molecule has 22 heteroatoms. The molecule has 2 saturated heterocycles.